The number of nitrogens with two attached hydrogens (primary N) is 1. The Bertz CT molecular complexity index is 149. The highest BCUT2D eigenvalue weighted by molar-refractivity contribution is 5.03. The predicted molar refractivity (Wildman–Crippen MR) is 47.2 cm³/mol. The van der Waals surface area contributed by atoms with Crippen LogP contribution in [0.3, 0.4) is 0 Å². The number of hydrogen-bond donors (Lipinski definition) is 1. The third-order valence-electron chi connectivity index (χ3n) is 3.93. The van der Waals surface area contributed by atoms with Crippen LogP contribution in [0.25, 0.3) is 0 Å². The van der Waals surface area contributed by atoms with E-state index in [1.807, 2.05) is 0 Å². The molecule has 1 spiro atoms. The van der Waals surface area contributed by atoms with Crippen LogP contribution in [0.5, 0.6) is 0 Å². The summed E-state index contributed by atoms with van der Waals surface area (Å²) in [5, 5.41) is 0. The van der Waals surface area contributed by atoms with Crippen molar-refractivity contribution in [2.45, 2.75) is 39.0 Å². The van der Waals surface area contributed by atoms with Crippen molar-refractivity contribution >= 4 is 0 Å². The highest BCUT2D eigenvalue weighted by Crippen LogP contribution is 2.63. The Kier molecular flexibility index (Phi) is 1.71. The average molecular weight is 153 g/mol. The van der Waals surface area contributed by atoms with Gasteiger partial charge in [-0.05, 0) is 49.5 Å². The first-order valence-electron chi connectivity index (χ1n) is 4.98. The first-order valence-corrected chi connectivity index (χ1v) is 4.98. The molecule has 2 saturated carbocycles. The molecule has 2 fully saturated rings. The largest absolute Gasteiger partial charge is 0.330 e. The highest BCUT2D eigenvalue weighted by Gasteiger charge is 2.52. The maximum absolute atomic E-state index is 5.70. The van der Waals surface area contributed by atoms with Gasteiger partial charge in [0.1, 0.15) is 0 Å². The van der Waals surface area contributed by atoms with E-state index in [1.54, 1.807) is 0 Å². The molecule has 2 aliphatic rings. The lowest BCUT2D eigenvalue weighted by Crippen LogP contribution is -2.24. The third-order valence-corrected chi connectivity index (χ3v) is 3.93. The molecule has 1 heteroatoms. The molecule has 0 amide bonds. The van der Waals surface area contributed by atoms with E-state index >= 15 is 0 Å². The van der Waals surface area contributed by atoms with E-state index in [2.05, 4.69) is 6.92 Å². The summed E-state index contributed by atoms with van der Waals surface area (Å²) in [5.74, 6) is 1.76. The molecule has 2 atom stereocenters. The fourth-order valence-corrected chi connectivity index (χ4v) is 3.00. The maximum Gasteiger partial charge on any atom is -0.00486 e. The van der Waals surface area contributed by atoms with Crippen LogP contribution in [0, 0.1) is 17.3 Å². The standard InChI is InChI=1S/C10H19N/c1-8(7-11)9-3-2-4-10(9)5-6-10/h8-9H,2-7,11H2,1H3. The average Bonchev–Trinajstić information content (AvgIpc) is 2.63. The van der Waals surface area contributed by atoms with Crippen molar-refractivity contribution < 1.29 is 0 Å². The molecule has 0 aliphatic heterocycles. The second-order valence-corrected chi connectivity index (χ2v) is 4.57. The summed E-state index contributed by atoms with van der Waals surface area (Å²) in [6.45, 7) is 3.22. The molecule has 0 bridgehead atoms. The molecule has 1 nitrogen and oxygen atoms in total. The molecule has 2 aliphatic carbocycles. The zero-order valence-electron chi connectivity index (χ0n) is 7.47. The van der Waals surface area contributed by atoms with E-state index in [-0.39, 0.29) is 0 Å². The molecule has 0 radical (unpaired) electrons. The predicted octanol–water partition coefficient (Wildman–Crippen LogP) is 2.16. The lowest BCUT2D eigenvalue weighted by Gasteiger charge is -2.24. The first kappa shape index (κ1) is 7.60. The molecule has 2 unspecified atom stereocenters. The highest BCUT2D eigenvalue weighted by atomic mass is 14.6. The second kappa shape index (κ2) is 2.48. The van der Waals surface area contributed by atoms with E-state index in [0.717, 1.165) is 23.8 Å². The quantitative estimate of drug-likeness (QED) is 0.646. The van der Waals surface area contributed by atoms with Crippen LogP contribution >= 0.6 is 0 Å². The van der Waals surface area contributed by atoms with Crippen LogP contribution in [0.1, 0.15) is 39.0 Å². The number of rotatable bonds is 2. The van der Waals surface area contributed by atoms with E-state index in [4.69, 9.17) is 5.73 Å². The number of hydrogen-bond acceptors (Lipinski definition) is 1. The fraction of sp³-hybridized carbons (Fsp3) is 1.00. The van der Waals surface area contributed by atoms with Gasteiger partial charge in [0.05, 0.1) is 0 Å². The van der Waals surface area contributed by atoms with Crippen LogP contribution in [0.2, 0.25) is 0 Å². The minimum atomic E-state index is 0.778. The molecule has 0 aromatic heterocycles. The van der Waals surface area contributed by atoms with E-state index in [0.29, 0.717) is 0 Å². The molecule has 0 aromatic carbocycles. The van der Waals surface area contributed by atoms with Crippen molar-refractivity contribution in [2.75, 3.05) is 6.54 Å². The van der Waals surface area contributed by atoms with Gasteiger partial charge in [-0.2, -0.15) is 0 Å². The van der Waals surface area contributed by atoms with Gasteiger partial charge in [-0.15, -0.1) is 0 Å². The monoisotopic (exact) mass is 153 g/mol. The Labute approximate surface area is 69.4 Å². The molecule has 0 saturated heterocycles. The minimum absolute atomic E-state index is 0.778. The summed E-state index contributed by atoms with van der Waals surface area (Å²) in [4.78, 5) is 0. The van der Waals surface area contributed by atoms with Crippen molar-refractivity contribution in [1.29, 1.82) is 0 Å². The Morgan fingerprint density at radius 1 is 1.45 bits per heavy atom. The van der Waals surface area contributed by atoms with Crippen molar-refractivity contribution in [3.63, 3.8) is 0 Å². The van der Waals surface area contributed by atoms with Crippen molar-refractivity contribution in [3.05, 3.63) is 0 Å². The Hall–Kier alpha value is -0.0400. The van der Waals surface area contributed by atoms with Gasteiger partial charge in [0.2, 0.25) is 0 Å². The zero-order valence-corrected chi connectivity index (χ0v) is 7.47. The SMILES string of the molecule is CC(CN)C1CCCC12CC2. The molecule has 11 heavy (non-hydrogen) atoms. The molecule has 2 N–H and O–H groups in total. The molecule has 0 aromatic rings. The van der Waals surface area contributed by atoms with Gasteiger partial charge in [0.25, 0.3) is 0 Å². The lowest BCUT2D eigenvalue weighted by molar-refractivity contribution is 0.264. The van der Waals surface area contributed by atoms with Gasteiger partial charge in [-0.25, -0.2) is 0 Å². The molecular formula is C10H19N. The van der Waals surface area contributed by atoms with Crippen LogP contribution < -0.4 is 5.73 Å². The Morgan fingerprint density at radius 2 is 2.18 bits per heavy atom. The first-order chi connectivity index (χ1) is 5.28. The fourth-order valence-electron chi connectivity index (χ4n) is 3.00. The molecule has 64 valence electrons. The summed E-state index contributed by atoms with van der Waals surface area (Å²) >= 11 is 0. The van der Waals surface area contributed by atoms with Crippen molar-refractivity contribution in [3.8, 4) is 0 Å². The smallest absolute Gasteiger partial charge is 0.00486 e. The molecular weight excluding hydrogens is 134 g/mol. The molecule has 2 rings (SSSR count). The van der Waals surface area contributed by atoms with Gasteiger partial charge in [0.15, 0.2) is 0 Å². The van der Waals surface area contributed by atoms with Crippen molar-refractivity contribution in [1.82, 2.24) is 0 Å². The summed E-state index contributed by atoms with van der Waals surface area (Å²) in [7, 11) is 0. The lowest BCUT2D eigenvalue weighted by atomic mass is 9.82. The zero-order chi connectivity index (χ0) is 7.90. The van der Waals surface area contributed by atoms with E-state index < -0.39 is 0 Å². The summed E-state index contributed by atoms with van der Waals surface area (Å²) < 4.78 is 0. The summed E-state index contributed by atoms with van der Waals surface area (Å²) in [5.41, 5.74) is 6.51. The van der Waals surface area contributed by atoms with Crippen molar-refractivity contribution in [2.24, 2.45) is 23.0 Å². The minimum Gasteiger partial charge on any atom is -0.330 e. The summed E-state index contributed by atoms with van der Waals surface area (Å²) in [6, 6.07) is 0. The van der Waals surface area contributed by atoms with E-state index in [9.17, 15) is 0 Å². The van der Waals surface area contributed by atoms with Crippen LogP contribution in [-0.4, -0.2) is 6.54 Å². The van der Waals surface area contributed by atoms with Gasteiger partial charge < -0.3 is 5.73 Å². The van der Waals surface area contributed by atoms with Crippen LogP contribution in [-0.2, 0) is 0 Å². The van der Waals surface area contributed by atoms with Crippen LogP contribution in [0.15, 0.2) is 0 Å². The van der Waals surface area contributed by atoms with Gasteiger partial charge >= 0.3 is 0 Å². The van der Waals surface area contributed by atoms with Gasteiger partial charge in [-0.1, -0.05) is 13.3 Å². The van der Waals surface area contributed by atoms with Gasteiger partial charge in [-0.3, -0.25) is 0 Å². The summed E-state index contributed by atoms with van der Waals surface area (Å²) in [6.07, 6.45) is 7.43. The Balaban J connectivity index is 2.02. The van der Waals surface area contributed by atoms with Gasteiger partial charge in [0, 0.05) is 0 Å². The van der Waals surface area contributed by atoms with E-state index in [1.165, 1.54) is 32.1 Å². The Morgan fingerprint density at radius 3 is 2.73 bits per heavy atom. The maximum atomic E-state index is 5.70. The normalized spacial score (nSPS) is 36.0. The topological polar surface area (TPSA) is 26.0 Å². The third kappa shape index (κ3) is 1.10. The molecule has 0 heterocycles. The van der Waals surface area contributed by atoms with Crippen LogP contribution in [0.4, 0.5) is 0 Å². The second-order valence-electron chi connectivity index (χ2n) is 4.57.